The lowest BCUT2D eigenvalue weighted by Gasteiger charge is -2.15. The number of benzene rings is 1. The first kappa shape index (κ1) is 27.6. The van der Waals surface area contributed by atoms with Gasteiger partial charge in [-0.3, -0.25) is 14.5 Å². The van der Waals surface area contributed by atoms with E-state index in [9.17, 15) is 9.59 Å². The van der Waals surface area contributed by atoms with Crippen LogP contribution in [0.5, 0.6) is 0 Å². The number of amides is 2. The van der Waals surface area contributed by atoms with Gasteiger partial charge in [0.1, 0.15) is 6.79 Å². The van der Waals surface area contributed by atoms with E-state index >= 15 is 0 Å². The average Bonchev–Trinajstić information content (AvgIpc) is 3.02. The van der Waals surface area contributed by atoms with Gasteiger partial charge in [0.05, 0.1) is 85.2 Å². The first-order valence-corrected chi connectivity index (χ1v) is 15.0. The monoisotopic (exact) mass is 483 g/mol. The van der Waals surface area contributed by atoms with Crippen LogP contribution in [0.25, 0.3) is 0 Å². The van der Waals surface area contributed by atoms with Crippen LogP contribution in [-0.4, -0.2) is 104 Å². The summed E-state index contributed by atoms with van der Waals surface area (Å²) in [6, 6.07) is 6.83. The van der Waals surface area contributed by atoms with Crippen molar-refractivity contribution in [3.05, 3.63) is 35.4 Å². The molecule has 1 aromatic carbocycles. The third-order valence-corrected chi connectivity index (χ3v) is 5.60. The van der Waals surface area contributed by atoms with Gasteiger partial charge in [0.25, 0.3) is 11.8 Å². The summed E-state index contributed by atoms with van der Waals surface area (Å²) < 4.78 is 32.6. The number of hydrogen-bond donors (Lipinski definition) is 0. The zero-order valence-electron chi connectivity index (χ0n) is 20.0. The molecule has 2 amide bonds. The van der Waals surface area contributed by atoms with Gasteiger partial charge in [-0.2, -0.15) is 0 Å². The highest BCUT2D eigenvalue weighted by Crippen LogP contribution is 2.21. The van der Waals surface area contributed by atoms with E-state index in [0.29, 0.717) is 70.8 Å². The van der Waals surface area contributed by atoms with E-state index in [1.165, 1.54) is 4.90 Å². The number of rotatable bonds is 19. The van der Waals surface area contributed by atoms with Crippen LogP contribution < -0.4 is 0 Å². The molecule has 186 valence electrons. The second kappa shape index (κ2) is 15.3. The summed E-state index contributed by atoms with van der Waals surface area (Å²) in [7, 11) is -1.18. The standard InChI is InChI=1S/C23H37NO8Si/c1-33(2,3)19-32-18-31-17-16-30-15-14-29-13-12-28-11-10-27-9-8-24-22(25)20-6-4-5-7-21(20)23(24)26/h4-7H,8-19H2,1-3H3. The smallest absolute Gasteiger partial charge is 0.261 e. The van der Waals surface area contributed by atoms with Crippen molar-refractivity contribution in [2.24, 2.45) is 0 Å². The van der Waals surface area contributed by atoms with Gasteiger partial charge in [0, 0.05) is 6.23 Å². The van der Waals surface area contributed by atoms with E-state index in [1.54, 1.807) is 24.3 Å². The summed E-state index contributed by atoms with van der Waals surface area (Å²) in [5.74, 6) is -0.536. The molecule has 0 fully saturated rings. The molecule has 1 aromatic rings. The van der Waals surface area contributed by atoms with Crippen LogP contribution in [0.1, 0.15) is 20.7 Å². The minimum Gasteiger partial charge on any atom is -0.377 e. The van der Waals surface area contributed by atoms with Gasteiger partial charge in [-0.05, 0) is 12.1 Å². The molecule has 0 bridgehead atoms. The second-order valence-electron chi connectivity index (χ2n) is 8.69. The van der Waals surface area contributed by atoms with Crippen molar-refractivity contribution >= 4 is 19.9 Å². The molecule has 1 aliphatic heterocycles. The molecule has 0 unspecified atom stereocenters. The van der Waals surface area contributed by atoms with Gasteiger partial charge >= 0.3 is 0 Å². The highest BCUT2D eigenvalue weighted by Gasteiger charge is 2.34. The molecule has 0 radical (unpaired) electrons. The topological polar surface area (TPSA) is 92.8 Å². The Hall–Kier alpha value is -1.66. The van der Waals surface area contributed by atoms with Crippen LogP contribution in [0.3, 0.4) is 0 Å². The maximum Gasteiger partial charge on any atom is 0.261 e. The minimum absolute atomic E-state index is 0.228. The van der Waals surface area contributed by atoms with Gasteiger partial charge in [-0.1, -0.05) is 31.8 Å². The molecule has 0 N–H and O–H groups in total. The summed E-state index contributed by atoms with van der Waals surface area (Å²) in [5, 5.41) is 0. The zero-order valence-corrected chi connectivity index (χ0v) is 21.0. The Morgan fingerprint density at radius 2 is 1.06 bits per heavy atom. The number of ether oxygens (including phenoxy) is 6. The third-order valence-electron chi connectivity index (χ3n) is 4.53. The number of fused-ring (bicyclic) bond motifs is 1. The van der Waals surface area contributed by atoms with Crippen LogP contribution in [-0.2, 0) is 28.4 Å². The van der Waals surface area contributed by atoms with E-state index in [1.807, 2.05) is 0 Å². The van der Waals surface area contributed by atoms with Crippen LogP contribution >= 0.6 is 0 Å². The van der Waals surface area contributed by atoms with Gasteiger partial charge < -0.3 is 28.4 Å². The van der Waals surface area contributed by atoms with Crippen molar-refractivity contribution < 1.29 is 38.0 Å². The molecule has 2 rings (SSSR count). The molecular weight excluding hydrogens is 446 g/mol. The first-order chi connectivity index (χ1) is 15.9. The summed E-state index contributed by atoms with van der Waals surface area (Å²) in [5.41, 5.74) is 0.902. The Labute approximate surface area is 197 Å². The van der Waals surface area contributed by atoms with Crippen molar-refractivity contribution in [2.45, 2.75) is 19.6 Å². The fraction of sp³-hybridized carbons (Fsp3) is 0.652. The fourth-order valence-electron chi connectivity index (χ4n) is 2.94. The van der Waals surface area contributed by atoms with Crippen molar-refractivity contribution in [1.82, 2.24) is 4.90 Å². The predicted molar refractivity (Wildman–Crippen MR) is 125 cm³/mol. The molecule has 9 nitrogen and oxygen atoms in total. The normalized spacial score (nSPS) is 13.7. The molecule has 0 aromatic heterocycles. The molecule has 0 aliphatic carbocycles. The number of imide groups is 1. The Morgan fingerprint density at radius 1 is 0.636 bits per heavy atom. The Balaban J connectivity index is 1.32. The van der Waals surface area contributed by atoms with Gasteiger partial charge in [-0.15, -0.1) is 0 Å². The van der Waals surface area contributed by atoms with E-state index in [-0.39, 0.29) is 25.0 Å². The lowest BCUT2D eigenvalue weighted by molar-refractivity contribution is -0.0634. The van der Waals surface area contributed by atoms with E-state index in [0.717, 1.165) is 6.23 Å². The first-order valence-electron chi connectivity index (χ1n) is 11.3. The van der Waals surface area contributed by atoms with Crippen LogP contribution in [0.15, 0.2) is 24.3 Å². The summed E-state index contributed by atoms with van der Waals surface area (Å²) in [4.78, 5) is 25.7. The molecule has 0 atom stereocenters. The quantitative estimate of drug-likeness (QED) is 0.128. The van der Waals surface area contributed by atoms with Crippen molar-refractivity contribution in [1.29, 1.82) is 0 Å². The Bertz CT molecular complexity index is 690. The van der Waals surface area contributed by atoms with Gasteiger partial charge in [-0.25, -0.2) is 0 Å². The molecule has 0 saturated carbocycles. The van der Waals surface area contributed by atoms with Crippen molar-refractivity contribution in [3.8, 4) is 0 Å². The minimum atomic E-state index is -1.18. The second-order valence-corrected chi connectivity index (χ2v) is 14.1. The fourth-order valence-corrected chi connectivity index (χ4v) is 3.64. The SMILES string of the molecule is C[Si](C)(C)COCOCCOCCOCCOCCOCCN1C(=O)c2ccccc2C1=O. The molecule has 33 heavy (non-hydrogen) atoms. The summed E-state index contributed by atoms with van der Waals surface area (Å²) in [6.07, 6.45) is 0.797. The zero-order chi connectivity index (χ0) is 23.9. The molecular formula is C23H37NO8Si. The predicted octanol–water partition coefficient (Wildman–Crippen LogP) is 2.22. The van der Waals surface area contributed by atoms with Crippen LogP contribution in [0, 0.1) is 0 Å². The number of carbonyl (C=O) groups is 2. The maximum absolute atomic E-state index is 12.2. The average molecular weight is 484 g/mol. The summed E-state index contributed by atoms with van der Waals surface area (Å²) >= 11 is 0. The molecule has 0 saturated heterocycles. The van der Waals surface area contributed by atoms with E-state index in [2.05, 4.69) is 19.6 Å². The molecule has 0 spiro atoms. The van der Waals surface area contributed by atoms with Crippen LogP contribution in [0.4, 0.5) is 0 Å². The van der Waals surface area contributed by atoms with Crippen molar-refractivity contribution in [2.75, 3.05) is 79.0 Å². The highest BCUT2D eigenvalue weighted by molar-refractivity contribution is 6.76. The highest BCUT2D eigenvalue weighted by atomic mass is 28.3. The van der Waals surface area contributed by atoms with Crippen molar-refractivity contribution in [3.63, 3.8) is 0 Å². The molecule has 10 heteroatoms. The van der Waals surface area contributed by atoms with Gasteiger partial charge in [0.2, 0.25) is 0 Å². The largest absolute Gasteiger partial charge is 0.377 e. The number of carbonyl (C=O) groups excluding carboxylic acids is 2. The van der Waals surface area contributed by atoms with Crippen LogP contribution in [0.2, 0.25) is 19.6 Å². The number of nitrogens with zero attached hydrogens (tertiary/aromatic N) is 1. The van der Waals surface area contributed by atoms with E-state index < -0.39 is 8.07 Å². The maximum atomic E-state index is 12.2. The molecule has 1 heterocycles. The Morgan fingerprint density at radius 3 is 1.52 bits per heavy atom. The lowest BCUT2D eigenvalue weighted by Crippen LogP contribution is -2.33. The number of hydrogen-bond acceptors (Lipinski definition) is 8. The summed E-state index contributed by atoms with van der Waals surface area (Å²) in [6.45, 7) is 11.3. The van der Waals surface area contributed by atoms with Gasteiger partial charge in [0.15, 0.2) is 0 Å². The third kappa shape index (κ3) is 10.9. The molecule has 1 aliphatic rings. The lowest BCUT2D eigenvalue weighted by atomic mass is 10.1. The van der Waals surface area contributed by atoms with E-state index in [4.69, 9.17) is 28.4 Å². The Kier molecular flexibility index (Phi) is 12.8.